The molecule has 0 fully saturated rings. The van der Waals surface area contributed by atoms with Crippen molar-refractivity contribution in [2.24, 2.45) is 0 Å². The molecule has 0 aliphatic rings. The Morgan fingerprint density at radius 2 is 1.86 bits per heavy atom. The topological polar surface area (TPSA) is 21.3 Å². The highest BCUT2D eigenvalue weighted by Gasteiger charge is 2.14. The molecule has 5 heteroatoms. The summed E-state index contributed by atoms with van der Waals surface area (Å²) in [6, 6.07) is 12.3. The summed E-state index contributed by atoms with van der Waals surface area (Å²) in [6.07, 6.45) is -1.76. The fourth-order valence-electron chi connectivity index (χ4n) is 2.42. The van der Waals surface area contributed by atoms with Gasteiger partial charge in [0.05, 0.1) is 0 Å². The summed E-state index contributed by atoms with van der Waals surface area (Å²) >= 11 is 3.55. The van der Waals surface area contributed by atoms with Gasteiger partial charge in [-0.3, -0.25) is 0 Å². The molecule has 2 aromatic rings. The maximum Gasteiger partial charge on any atom is 0.261 e. The number of fused-ring (bicyclic) bond motifs is 1. The number of nitrogens with one attached hydrogen (secondary N) is 1. The summed E-state index contributed by atoms with van der Waals surface area (Å²) in [5.41, 5.74) is 1.15. The van der Waals surface area contributed by atoms with Gasteiger partial charge in [-0.05, 0) is 35.9 Å². The molecule has 1 unspecified atom stereocenters. The van der Waals surface area contributed by atoms with Crippen molar-refractivity contribution >= 4 is 26.7 Å². The van der Waals surface area contributed by atoms with E-state index in [4.69, 9.17) is 4.74 Å². The second-order valence-electron chi connectivity index (χ2n) is 4.78. The van der Waals surface area contributed by atoms with Crippen LogP contribution in [0.25, 0.3) is 10.8 Å². The summed E-state index contributed by atoms with van der Waals surface area (Å²) in [5.74, 6) is 0. The van der Waals surface area contributed by atoms with Crippen molar-refractivity contribution in [3.05, 3.63) is 46.4 Å². The van der Waals surface area contributed by atoms with E-state index in [9.17, 15) is 8.78 Å². The number of hydrogen-bond acceptors (Lipinski definition) is 2. The first-order valence-electron chi connectivity index (χ1n) is 6.83. The van der Waals surface area contributed by atoms with Crippen LogP contribution in [0.4, 0.5) is 8.78 Å². The molecular weight excluding hydrogens is 340 g/mol. The first-order valence-corrected chi connectivity index (χ1v) is 7.63. The standard InChI is InChI=1S/C16H18BrF2NO/c1-20-15(8-9-21-10-16(18)19)13-6-7-14(17)12-5-3-2-4-11(12)13/h2-7,15-16,20H,8-10H2,1H3. The minimum atomic E-state index is -2.41. The first-order chi connectivity index (χ1) is 10.1. The number of rotatable bonds is 7. The van der Waals surface area contributed by atoms with E-state index in [0.717, 1.165) is 20.8 Å². The lowest BCUT2D eigenvalue weighted by Crippen LogP contribution is -2.19. The Hall–Kier alpha value is -1.04. The fourth-order valence-corrected chi connectivity index (χ4v) is 2.90. The maximum atomic E-state index is 12.1. The van der Waals surface area contributed by atoms with Gasteiger partial charge in [0.1, 0.15) is 6.61 Å². The lowest BCUT2D eigenvalue weighted by atomic mass is 9.97. The molecule has 114 valence electrons. The Bertz CT molecular complexity index is 591. The van der Waals surface area contributed by atoms with Crippen LogP contribution in [0.2, 0.25) is 0 Å². The van der Waals surface area contributed by atoms with Crippen LogP contribution < -0.4 is 5.32 Å². The van der Waals surface area contributed by atoms with Crippen molar-refractivity contribution in [1.29, 1.82) is 0 Å². The Kier molecular flexibility index (Phi) is 6.08. The van der Waals surface area contributed by atoms with Crippen LogP contribution in [0.5, 0.6) is 0 Å². The van der Waals surface area contributed by atoms with E-state index in [1.165, 1.54) is 0 Å². The third kappa shape index (κ3) is 4.22. The van der Waals surface area contributed by atoms with Crippen LogP contribution in [0.1, 0.15) is 18.0 Å². The Morgan fingerprint density at radius 3 is 2.52 bits per heavy atom. The van der Waals surface area contributed by atoms with Crippen molar-refractivity contribution in [3.63, 3.8) is 0 Å². The summed E-state index contributed by atoms with van der Waals surface area (Å²) in [6.45, 7) is -0.197. The van der Waals surface area contributed by atoms with Crippen LogP contribution in [0, 0.1) is 0 Å². The number of alkyl halides is 2. The van der Waals surface area contributed by atoms with E-state index < -0.39 is 13.0 Å². The van der Waals surface area contributed by atoms with Crippen molar-refractivity contribution in [1.82, 2.24) is 5.32 Å². The average Bonchev–Trinajstić information content (AvgIpc) is 2.49. The van der Waals surface area contributed by atoms with E-state index in [2.05, 4.69) is 39.4 Å². The van der Waals surface area contributed by atoms with Crippen LogP contribution >= 0.6 is 15.9 Å². The zero-order chi connectivity index (χ0) is 15.2. The largest absolute Gasteiger partial charge is 0.375 e. The van der Waals surface area contributed by atoms with Gasteiger partial charge >= 0.3 is 0 Å². The minimum absolute atomic E-state index is 0.0701. The van der Waals surface area contributed by atoms with Crippen LogP contribution in [0.3, 0.4) is 0 Å². The zero-order valence-electron chi connectivity index (χ0n) is 11.8. The molecule has 0 heterocycles. The van der Waals surface area contributed by atoms with Crippen LogP contribution in [-0.4, -0.2) is 26.7 Å². The summed E-state index contributed by atoms with van der Waals surface area (Å²) in [5, 5.41) is 5.53. The Labute approximate surface area is 131 Å². The summed E-state index contributed by atoms with van der Waals surface area (Å²) in [7, 11) is 1.87. The van der Waals surface area contributed by atoms with E-state index in [0.29, 0.717) is 13.0 Å². The SMILES string of the molecule is CNC(CCOCC(F)F)c1ccc(Br)c2ccccc12. The number of hydrogen-bond donors (Lipinski definition) is 1. The number of ether oxygens (including phenoxy) is 1. The first kappa shape index (κ1) is 16.3. The van der Waals surface area contributed by atoms with E-state index >= 15 is 0 Å². The normalized spacial score (nSPS) is 13.0. The molecule has 0 radical (unpaired) electrons. The predicted molar refractivity (Wildman–Crippen MR) is 84.9 cm³/mol. The van der Waals surface area contributed by atoms with E-state index in [-0.39, 0.29) is 6.04 Å². The third-order valence-corrected chi connectivity index (χ3v) is 4.11. The van der Waals surface area contributed by atoms with E-state index in [1.54, 1.807) is 0 Å². The molecule has 2 nitrogen and oxygen atoms in total. The lowest BCUT2D eigenvalue weighted by Gasteiger charge is -2.19. The molecule has 0 amide bonds. The highest BCUT2D eigenvalue weighted by atomic mass is 79.9. The van der Waals surface area contributed by atoms with Crippen LogP contribution in [0.15, 0.2) is 40.9 Å². The molecule has 0 saturated heterocycles. The van der Waals surface area contributed by atoms with Crippen molar-refractivity contribution in [2.45, 2.75) is 18.9 Å². The van der Waals surface area contributed by atoms with Gasteiger partial charge in [0.15, 0.2) is 0 Å². The molecular formula is C16H18BrF2NO. The number of benzene rings is 2. The van der Waals surface area contributed by atoms with Crippen molar-refractivity contribution < 1.29 is 13.5 Å². The summed E-state index contributed by atoms with van der Waals surface area (Å²) < 4.78 is 30.2. The zero-order valence-corrected chi connectivity index (χ0v) is 13.4. The van der Waals surface area contributed by atoms with Crippen molar-refractivity contribution in [2.75, 3.05) is 20.3 Å². The van der Waals surface area contributed by atoms with Gasteiger partial charge in [0, 0.05) is 17.1 Å². The highest BCUT2D eigenvalue weighted by molar-refractivity contribution is 9.10. The second kappa shape index (κ2) is 7.82. The number of halogens is 3. The van der Waals surface area contributed by atoms with Gasteiger partial charge in [-0.15, -0.1) is 0 Å². The quantitative estimate of drug-likeness (QED) is 0.734. The molecule has 0 saturated carbocycles. The summed E-state index contributed by atoms with van der Waals surface area (Å²) in [4.78, 5) is 0. The molecule has 2 rings (SSSR count). The molecule has 1 atom stereocenters. The molecule has 0 aliphatic heterocycles. The molecule has 0 spiro atoms. The molecule has 21 heavy (non-hydrogen) atoms. The molecule has 0 bridgehead atoms. The van der Waals surface area contributed by atoms with Gasteiger partial charge in [-0.25, -0.2) is 8.78 Å². The van der Waals surface area contributed by atoms with Crippen molar-refractivity contribution in [3.8, 4) is 0 Å². The smallest absolute Gasteiger partial charge is 0.261 e. The molecule has 2 aromatic carbocycles. The Balaban J connectivity index is 2.16. The molecule has 0 aliphatic carbocycles. The Morgan fingerprint density at radius 1 is 1.14 bits per heavy atom. The van der Waals surface area contributed by atoms with E-state index in [1.807, 2.05) is 25.2 Å². The average molecular weight is 358 g/mol. The predicted octanol–water partition coefficient (Wildman–Crippen LogP) is 4.53. The third-order valence-electron chi connectivity index (χ3n) is 3.42. The van der Waals surface area contributed by atoms with Gasteiger partial charge < -0.3 is 10.1 Å². The molecule has 1 N–H and O–H groups in total. The van der Waals surface area contributed by atoms with Gasteiger partial charge in [0.2, 0.25) is 0 Å². The van der Waals surface area contributed by atoms with Gasteiger partial charge in [-0.1, -0.05) is 46.3 Å². The fraction of sp³-hybridized carbons (Fsp3) is 0.375. The van der Waals surface area contributed by atoms with Crippen LogP contribution in [-0.2, 0) is 4.74 Å². The maximum absolute atomic E-state index is 12.1. The highest BCUT2D eigenvalue weighted by Crippen LogP contribution is 2.31. The lowest BCUT2D eigenvalue weighted by molar-refractivity contribution is 0.0146. The van der Waals surface area contributed by atoms with Gasteiger partial charge in [0.25, 0.3) is 6.43 Å². The second-order valence-corrected chi connectivity index (χ2v) is 5.63. The van der Waals surface area contributed by atoms with Gasteiger partial charge in [-0.2, -0.15) is 0 Å². The molecule has 0 aromatic heterocycles. The monoisotopic (exact) mass is 357 g/mol. The minimum Gasteiger partial charge on any atom is -0.375 e.